The molecule has 3 nitrogen and oxygen atoms in total. The molecule has 0 bridgehead atoms. The van der Waals surface area contributed by atoms with Crippen molar-refractivity contribution < 1.29 is 9.90 Å². The van der Waals surface area contributed by atoms with E-state index in [2.05, 4.69) is 18.5 Å². The molecule has 0 aromatic rings. The molecule has 1 rings (SSSR count). The first kappa shape index (κ1) is 11.2. The van der Waals surface area contributed by atoms with Crippen molar-refractivity contribution in [3.8, 4) is 0 Å². The third-order valence-electron chi connectivity index (χ3n) is 3.09. The van der Waals surface area contributed by atoms with E-state index in [4.69, 9.17) is 5.11 Å². The van der Waals surface area contributed by atoms with Gasteiger partial charge in [0.05, 0.1) is 5.92 Å². The number of hydrogen-bond donors (Lipinski definition) is 1. The van der Waals surface area contributed by atoms with E-state index in [0.29, 0.717) is 6.04 Å². The maximum absolute atomic E-state index is 10.7. The van der Waals surface area contributed by atoms with Gasteiger partial charge in [-0.1, -0.05) is 6.08 Å². The lowest BCUT2D eigenvalue weighted by Crippen LogP contribution is -2.36. The van der Waals surface area contributed by atoms with Gasteiger partial charge in [0, 0.05) is 12.6 Å². The maximum Gasteiger partial charge on any atom is 0.306 e. The van der Waals surface area contributed by atoms with Crippen LogP contribution in [0.15, 0.2) is 12.7 Å². The molecule has 1 aliphatic rings. The lowest BCUT2D eigenvalue weighted by molar-refractivity contribution is -0.143. The van der Waals surface area contributed by atoms with Crippen LogP contribution >= 0.6 is 0 Å². The van der Waals surface area contributed by atoms with Gasteiger partial charge < -0.3 is 5.11 Å². The first-order valence-electron chi connectivity index (χ1n) is 5.19. The van der Waals surface area contributed by atoms with Gasteiger partial charge in [0.1, 0.15) is 0 Å². The highest BCUT2D eigenvalue weighted by Crippen LogP contribution is 2.26. The molecule has 3 heteroatoms. The Hall–Kier alpha value is -0.830. The molecular formula is C11H19NO2. The Kier molecular flexibility index (Phi) is 4.14. The third kappa shape index (κ3) is 2.84. The normalized spacial score (nSPS) is 27.6. The van der Waals surface area contributed by atoms with Crippen molar-refractivity contribution in [2.24, 2.45) is 5.92 Å². The summed E-state index contributed by atoms with van der Waals surface area (Å²) in [7, 11) is 2.08. The topological polar surface area (TPSA) is 40.5 Å². The Morgan fingerprint density at radius 1 is 1.50 bits per heavy atom. The summed E-state index contributed by atoms with van der Waals surface area (Å²) in [6, 6.07) is 0.545. The van der Waals surface area contributed by atoms with Crippen LogP contribution in [0.5, 0.6) is 0 Å². The van der Waals surface area contributed by atoms with Crippen molar-refractivity contribution >= 4 is 5.97 Å². The third-order valence-corrected chi connectivity index (χ3v) is 3.09. The van der Waals surface area contributed by atoms with Crippen molar-refractivity contribution in [2.45, 2.75) is 31.7 Å². The minimum absolute atomic E-state index is 0.108. The largest absolute Gasteiger partial charge is 0.481 e. The van der Waals surface area contributed by atoms with Gasteiger partial charge in [0.15, 0.2) is 0 Å². The van der Waals surface area contributed by atoms with E-state index in [9.17, 15) is 4.79 Å². The fraction of sp³-hybridized carbons (Fsp3) is 0.727. The van der Waals surface area contributed by atoms with Crippen molar-refractivity contribution in [1.29, 1.82) is 0 Å². The van der Waals surface area contributed by atoms with E-state index in [1.165, 1.54) is 0 Å². The van der Waals surface area contributed by atoms with Crippen LogP contribution in [0, 0.1) is 5.92 Å². The molecule has 0 heterocycles. The number of aliphatic carboxylic acids is 1. The van der Waals surface area contributed by atoms with E-state index in [1.807, 2.05) is 6.08 Å². The van der Waals surface area contributed by atoms with Crippen LogP contribution in [0.3, 0.4) is 0 Å². The number of hydrogen-bond acceptors (Lipinski definition) is 2. The van der Waals surface area contributed by atoms with Gasteiger partial charge in [-0.2, -0.15) is 0 Å². The molecule has 0 aliphatic heterocycles. The first-order valence-corrected chi connectivity index (χ1v) is 5.19. The van der Waals surface area contributed by atoms with E-state index in [1.54, 1.807) is 0 Å². The van der Waals surface area contributed by atoms with E-state index in [0.717, 1.165) is 32.2 Å². The van der Waals surface area contributed by atoms with Crippen molar-refractivity contribution in [1.82, 2.24) is 4.90 Å². The maximum atomic E-state index is 10.7. The number of likely N-dealkylation sites (N-methyl/N-ethyl adjacent to an activating group) is 1. The molecule has 1 N–H and O–H groups in total. The number of nitrogens with zero attached hydrogens (tertiary/aromatic N) is 1. The highest BCUT2D eigenvalue weighted by atomic mass is 16.4. The van der Waals surface area contributed by atoms with Gasteiger partial charge in [-0.3, -0.25) is 9.69 Å². The van der Waals surface area contributed by atoms with Crippen LogP contribution < -0.4 is 0 Å². The molecule has 1 fully saturated rings. The standard InChI is InChI=1S/C11H19NO2/c1-3-8-12(2)10-6-4-9(5-7-10)11(13)14/h3,9-10H,1,4-8H2,2H3,(H,13,14). The summed E-state index contributed by atoms with van der Waals surface area (Å²) in [5.41, 5.74) is 0. The SMILES string of the molecule is C=CCN(C)C1CCC(C(=O)O)CC1. The summed E-state index contributed by atoms with van der Waals surface area (Å²) in [5.74, 6) is -0.738. The molecule has 0 spiro atoms. The summed E-state index contributed by atoms with van der Waals surface area (Å²) >= 11 is 0. The average Bonchev–Trinajstić information content (AvgIpc) is 2.18. The van der Waals surface area contributed by atoms with Gasteiger partial charge in [0.25, 0.3) is 0 Å². The van der Waals surface area contributed by atoms with E-state index in [-0.39, 0.29) is 5.92 Å². The van der Waals surface area contributed by atoms with Crippen LogP contribution in [0.1, 0.15) is 25.7 Å². The predicted molar refractivity (Wildman–Crippen MR) is 56.2 cm³/mol. The van der Waals surface area contributed by atoms with E-state index < -0.39 is 5.97 Å². The number of rotatable bonds is 4. The molecule has 0 amide bonds. The minimum atomic E-state index is -0.630. The molecule has 0 aromatic carbocycles. The van der Waals surface area contributed by atoms with E-state index >= 15 is 0 Å². The van der Waals surface area contributed by atoms with Gasteiger partial charge >= 0.3 is 5.97 Å². The zero-order chi connectivity index (χ0) is 10.6. The summed E-state index contributed by atoms with van der Waals surface area (Å²) in [6.07, 6.45) is 5.54. The second-order valence-electron chi connectivity index (χ2n) is 4.07. The van der Waals surface area contributed by atoms with Crippen LogP contribution in [0.2, 0.25) is 0 Å². The van der Waals surface area contributed by atoms with Gasteiger partial charge in [-0.25, -0.2) is 0 Å². The predicted octanol–water partition coefficient (Wildman–Crippen LogP) is 1.75. The lowest BCUT2D eigenvalue weighted by Gasteiger charge is -2.32. The molecule has 0 saturated heterocycles. The van der Waals surface area contributed by atoms with Crippen LogP contribution in [0.25, 0.3) is 0 Å². The smallest absolute Gasteiger partial charge is 0.306 e. The molecule has 1 aliphatic carbocycles. The Balaban J connectivity index is 2.34. The molecule has 0 radical (unpaired) electrons. The fourth-order valence-corrected chi connectivity index (χ4v) is 2.12. The fourth-order valence-electron chi connectivity index (χ4n) is 2.12. The number of carbonyl (C=O) groups is 1. The van der Waals surface area contributed by atoms with Crippen LogP contribution in [0.4, 0.5) is 0 Å². The van der Waals surface area contributed by atoms with Crippen molar-refractivity contribution in [3.63, 3.8) is 0 Å². The molecule has 14 heavy (non-hydrogen) atoms. The van der Waals surface area contributed by atoms with Gasteiger partial charge in [-0.15, -0.1) is 6.58 Å². The zero-order valence-corrected chi connectivity index (χ0v) is 8.78. The Labute approximate surface area is 85.4 Å². The summed E-state index contributed by atoms with van der Waals surface area (Å²) in [5, 5.41) is 8.84. The Morgan fingerprint density at radius 3 is 2.50 bits per heavy atom. The lowest BCUT2D eigenvalue weighted by atomic mass is 9.85. The first-order chi connectivity index (χ1) is 6.65. The molecule has 80 valence electrons. The average molecular weight is 197 g/mol. The Morgan fingerprint density at radius 2 is 2.07 bits per heavy atom. The molecule has 0 aromatic heterocycles. The van der Waals surface area contributed by atoms with Crippen molar-refractivity contribution in [3.05, 3.63) is 12.7 Å². The molecular weight excluding hydrogens is 178 g/mol. The second kappa shape index (κ2) is 5.15. The molecule has 1 saturated carbocycles. The Bertz CT molecular complexity index is 207. The second-order valence-corrected chi connectivity index (χ2v) is 4.07. The minimum Gasteiger partial charge on any atom is -0.481 e. The highest BCUT2D eigenvalue weighted by molar-refractivity contribution is 5.70. The summed E-state index contributed by atoms with van der Waals surface area (Å²) in [6.45, 7) is 4.59. The summed E-state index contributed by atoms with van der Waals surface area (Å²) in [4.78, 5) is 13.0. The zero-order valence-electron chi connectivity index (χ0n) is 8.78. The number of carboxylic acid groups (broad SMARTS) is 1. The number of carboxylic acids is 1. The van der Waals surface area contributed by atoms with Crippen LogP contribution in [-0.2, 0) is 4.79 Å². The van der Waals surface area contributed by atoms with Gasteiger partial charge in [-0.05, 0) is 32.7 Å². The van der Waals surface area contributed by atoms with Crippen LogP contribution in [-0.4, -0.2) is 35.6 Å². The van der Waals surface area contributed by atoms with Crippen molar-refractivity contribution in [2.75, 3.05) is 13.6 Å². The summed E-state index contributed by atoms with van der Waals surface area (Å²) < 4.78 is 0. The monoisotopic (exact) mass is 197 g/mol. The quantitative estimate of drug-likeness (QED) is 0.698. The molecule has 0 unspecified atom stereocenters. The highest BCUT2D eigenvalue weighted by Gasteiger charge is 2.27. The molecule has 0 atom stereocenters. The van der Waals surface area contributed by atoms with Gasteiger partial charge in [0.2, 0.25) is 0 Å².